The summed E-state index contributed by atoms with van der Waals surface area (Å²) in [6, 6.07) is 34.9. The van der Waals surface area contributed by atoms with Crippen LogP contribution in [0, 0.1) is 5.92 Å². The monoisotopic (exact) mass is 701 g/mol. The van der Waals surface area contributed by atoms with E-state index in [9.17, 15) is 19.2 Å². The van der Waals surface area contributed by atoms with Gasteiger partial charge in [-0.2, -0.15) is 0 Å². The Balaban J connectivity index is 1.46. The fourth-order valence-corrected chi connectivity index (χ4v) is 6.19. The van der Waals surface area contributed by atoms with Crippen LogP contribution in [0.15, 0.2) is 119 Å². The van der Waals surface area contributed by atoms with Gasteiger partial charge in [0.15, 0.2) is 0 Å². The summed E-state index contributed by atoms with van der Waals surface area (Å²) in [5, 5.41) is 0. The average molecular weight is 702 g/mol. The summed E-state index contributed by atoms with van der Waals surface area (Å²) >= 11 is 0. The molecule has 0 heterocycles. The van der Waals surface area contributed by atoms with Crippen molar-refractivity contribution in [3.63, 3.8) is 0 Å². The number of isocyanates is 2. The average Bonchev–Trinajstić information content (AvgIpc) is 3.16. The minimum atomic E-state index is -0.851. The number of amides is 2. The first-order valence-corrected chi connectivity index (χ1v) is 17.7. The molecule has 0 aromatic heterocycles. The van der Waals surface area contributed by atoms with Crippen LogP contribution in [0.4, 0.5) is 9.59 Å². The fourth-order valence-electron chi connectivity index (χ4n) is 6.19. The molecule has 52 heavy (non-hydrogen) atoms. The number of hydrogen-bond donors (Lipinski definition) is 0. The molecule has 0 spiro atoms. The first-order chi connectivity index (χ1) is 25.1. The van der Waals surface area contributed by atoms with E-state index in [0.29, 0.717) is 56.7 Å². The van der Waals surface area contributed by atoms with Gasteiger partial charge in [-0.1, -0.05) is 119 Å². The maximum atomic E-state index is 13.6. The molecular weight excluding hydrogens is 654 g/mol. The molecule has 0 N–H and O–H groups in total. The highest BCUT2D eigenvalue weighted by molar-refractivity contribution is 5.89. The molecule has 0 aliphatic rings. The Morgan fingerprint density at radius 3 is 1.46 bits per heavy atom. The molecule has 0 aliphatic carbocycles. The topological polar surface area (TPSA) is 115 Å². The number of benzene rings is 4. The molecule has 0 bridgehead atoms. The molecule has 4 rings (SSSR count). The lowest BCUT2D eigenvalue weighted by molar-refractivity contribution is 0.130. The Kier molecular flexibility index (Phi) is 14.4. The van der Waals surface area contributed by atoms with Gasteiger partial charge in [-0.15, -0.1) is 0 Å². The minimum Gasteiger partial charge on any atom is -0.410 e. The van der Waals surface area contributed by atoms with Crippen molar-refractivity contribution < 1.29 is 28.7 Å². The molecule has 9 nitrogen and oxygen atoms in total. The Hall–Kier alpha value is -5.62. The van der Waals surface area contributed by atoms with Gasteiger partial charge in [-0.25, -0.2) is 34.1 Å². The number of hydrogen-bond acceptors (Lipinski definition) is 8. The van der Waals surface area contributed by atoms with E-state index < -0.39 is 12.2 Å². The fraction of sp³-hybridized carbons (Fsp3) is 0.349. The van der Waals surface area contributed by atoms with E-state index in [-0.39, 0.29) is 23.3 Å². The molecule has 4 aromatic rings. The summed E-state index contributed by atoms with van der Waals surface area (Å²) in [6.07, 6.45) is 4.56. The summed E-state index contributed by atoms with van der Waals surface area (Å²) in [6.45, 7) is 9.23. The highest BCUT2D eigenvalue weighted by Crippen LogP contribution is 2.33. The van der Waals surface area contributed by atoms with Gasteiger partial charge in [0.2, 0.25) is 12.2 Å². The first kappa shape index (κ1) is 39.2. The Labute approximate surface area is 306 Å². The van der Waals surface area contributed by atoms with Crippen molar-refractivity contribution in [1.29, 1.82) is 0 Å². The lowest BCUT2D eigenvalue weighted by atomic mass is 9.78. The highest BCUT2D eigenvalue weighted by atomic mass is 16.6. The van der Waals surface area contributed by atoms with E-state index in [2.05, 4.69) is 61.9 Å². The summed E-state index contributed by atoms with van der Waals surface area (Å²) in [5.74, 6) is 0.660. The van der Waals surface area contributed by atoms with Gasteiger partial charge in [-0.3, -0.25) is 0 Å². The number of carbonyl (C=O) groups excluding carboxylic acids is 4. The van der Waals surface area contributed by atoms with Gasteiger partial charge in [0.05, 0.1) is 13.1 Å². The molecule has 270 valence electrons. The number of imide groups is 1. The molecule has 0 saturated heterocycles. The SMILES string of the molecule is CC(C)(c1ccccc1)c1ccc(OC(=O)N(CCCCC(CCCN=C=O)CN=C=O)C(=O)Oc2ccc(C(C)(C)c3ccccc3)cc2)cc1. The lowest BCUT2D eigenvalue weighted by Crippen LogP contribution is -2.41. The number of carbonyl (C=O) groups is 2. The van der Waals surface area contributed by atoms with Crippen LogP contribution in [0.5, 0.6) is 11.5 Å². The maximum Gasteiger partial charge on any atom is 0.424 e. The van der Waals surface area contributed by atoms with E-state index in [1.807, 2.05) is 60.7 Å². The Bertz CT molecular complexity index is 1720. The van der Waals surface area contributed by atoms with Gasteiger partial charge in [0.1, 0.15) is 11.5 Å². The van der Waals surface area contributed by atoms with Crippen molar-refractivity contribution in [2.24, 2.45) is 15.9 Å². The van der Waals surface area contributed by atoms with Gasteiger partial charge in [0, 0.05) is 17.4 Å². The Morgan fingerprint density at radius 1 is 0.596 bits per heavy atom. The van der Waals surface area contributed by atoms with Gasteiger partial charge in [0.25, 0.3) is 0 Å². The quantitative estimate of drug-likeness (QED) is 0.0615. The van der Waals surface area contributed by atoms with Crippen LogP contribution in [0.3, 0.4) is 0 Å². The second-order valence-corrected chi connectivity index (χ2v) is 13.8. The zero-order valence-corrected chi connectivity index (χ0v) is 30.4. The van der Waals surface area contributed by atoms with Crippen LogP contribution in [0.25, 0.3) is 0 Å². The zero-order valence-electron chi connectivity index (χ0n) is 30.4. The zero-order chi connectivity index (χ0) is 37.4. The number of rotatable bonds is 17. The third kappa shape index (κ3) is 10.9. The molecule has 0 fully saturated rings. The molecule has 0 aliphatic heterocycles. The Morgan fingerprint density at radius 2 is 1.02 bits per heavy atom. The summed E-state index contributed by atoms with van der Waals surface area (Å²) < 4.78 is 11.4. The minimum absolute atomic E-state index is 0.0506. The van der Waals surface area contributed by atoms with E-state index in [1.54, 1.807) is 30.3 Å². The number of unbranched alkanes of at least 4 members (excludes halogenated alkanes) is 1. The van der Waals surface area contributed by atoms with Crippen molar-refractivity contribution >= 4 is 24.3 Å². The second-order valence-electron chi connectivity index (χ2n) is 13.8. The predicted molar refractivity (Wildman–Crippen MR) is 201 cm³/mol. The van der Waals surface area contributed by atoms with Crippen LogP contribution in [0.2, 0.25) is 0 Å². The second kappa shape index (κ2) is 19.1. The summed E-state index contributed by atoms with van der Waals surface area (Å²) in [7, 11) is 0. The van der Waals surface area contributed by atoms with Crippen molar-refractivity contribution in [1.82, 2.24) is 4.90 Å². The van der Waals surface area contributed by atoms with Crippen LogP contribution in [-0.4, -0.2) is 48.9 Å². The third-order valence-electron chi connectivity index (χ3n) is 9.60. The van der Waals surface area contributed by atoms with Crippen LogP contribution >= 0.6 is 0 Å². The van der Waals surface area contributed by atoms with Crippen molar-refractivity contribution in [2.75, 3.05) is 19.6 Å². The van der Waals surface area contributed by atoms with E-state index in [1.165, 1.54) is 6.08 Å². The first-order valence-electron chi connectivity index (χ1n) is 17.7. The largest absolute Gasteiger partial charge is 0.424 e. The number of aliphatic imine (C=N–C) groups is 2. The smallest absolute Gasteiger partial charge is 0.410 e. The highest BCUT2D eigenvalue weighted by Gasteiger charge is 2.28. The predicted octanol–water partition coefficient (Wildman–Crippen LogP) is 9.58. The van der Waals surface area contributed by atoms with Gasteiger partial charge < -0.3 is 9.47 Å². The molecule has 4 aromatic carbocycles. The summed E-state index contributed by atoms with van der Waals surface area (Å²) in [5.41, 5.74) is 3.84. The van der Waals surface area contributed by atoms with E-state index in [4.69, 9.17) is 9.47 Å². The van der Waals surface area contributed by atoms with Crippen molar-refractivity contribution in [3.8, 4) is 11.5 Å². The van der Waals surface area contributed by atoms with E-state index in [0.717, 1.165) is 27.2 Å². The van der Waals surface area contributed by atoms with Gasteiger partial charge in [-0.05, 0) is 78.1 Å². The molecule has 9 heteroatoms. The number of nitrogens with zero attached hydrogens (tertiary/aromatic N) is 3. The molecule has 1 unspecified atom stereocenters. The molecule has 1 atom stereocenters. The number of ether oxygens (including phenoxy) is 2. The molecule has 2 amide bonds. The lowest BCUT2D eigenvalue weighted by Gasteiger charge is -2.26. The van der Waals surface area contributed by atoms with Crippen LogP contribution in [-0.2, 0) is 20.4 Å². The molecular formula is C43H47N3O6. The van der Waals surface area contributed by atoms with Crippen molar-refractivity contribution in [3.05, 3.63) is 131 Å². The molecule has 0 saturated carbocycles. The normalized spacial score (nSPS) is 11.8. The van der Waals surface area contributed by atoms with E-state index >= 15 is 0 Å². The van der Waals surface area contributed by atoms with Crippen LogP contribution < -0.4 is 9.47 Å². The van der Waals surface area contributed by atoms with Gasteiger partial charge >= 0.3 is 12.2 Å². The third-order valence-corrected chi connectivity index (χ3v) is 9.60. The van der Waals surface area contributed by atoms with Crippen LogP contribution in [0.1, 0.15) is 82.1 Å². The molecule has 0 radical (unpaired) electrons. The van der Waals surface area contributed by atoms with Crippen molar-refractivity contribution in [2.45, 2.75) is 70.6 Å². The standard InChI is InChI=1S/C43H47N3O6/c1-42(2,34-16-7-5-8-17-34)36-20-24-38(25-21-36)51-40(49)46(29-12-11-14-33(30-45-32-48)15-13-28-44-31-47)41(50)52-39-26-22-37(23-27-39)43(3,4)35-18-9-6-10-19-35/h5-10,16-27,33H,11-15,28-30H2,1-4H3. The summed E-state index contributed by atoms with van der Waals surface area (Å²) in [4.78, 5) is 56.6. The maximum absolute atomic E-state index is 13.6.